The fourth-order valence-corrected chi connectivity index (χ4v) is 4.43. The number of nitrogens with zero attached hydrogens (tertiary/aromatic N) is 6. The lowest BCUT2D eigenvalue weighted by Crippen LogP contribution is -2.46. The maximum absolute atomic E-state index is 13.3. The molecule has 1 saturated heterocycles. The van der Waals surface area contributed by atoms with Gasteiger partial charge >= 0.3 is 6.03 Å². The summed E-state index contributed by atoms with van der Waals surface area (Å²) in [5.41, 5.74) is 1.81. The van der Waals surface area contributed by atoms with Crippen molar-refractivity contribution in [1.82, 2.24) is 30.4 Å². The first-order valence-electron chi connectivity index (χ1n) is 10.3. The van der Waals surface area contributed by atoms with E-state index in [-0.39, 0.29) is 18.5 Å². The van der Waals surface area contributed by atoms with Gasteiger partial charge in [-0.1, -0.05) is 30.3 Å². The van der Waals surface area contributed by atoms with E-state index in [0.29, 0.717) is 11.3 Å². The molecule has 0 saturated carbocycles. The zero-order chi connectivity index (χ0) is 22.5. The molecule has 2 aliphatic heterocycles. The van der Waals surface area contributed by atoms with Crippen LogP contribution in [0, 0.1) is 0 Å². The first-order valence-corrected chi connectivity index (χ1v) is 10.3. The third-order valence-electron chi connectivity index (χ3n) is 6.08. The van der Waals surface area contributed by atoms with Crippen LogP contribution in [-0.2, 0) is 21.5 Å². The van der Waals surface area contributed by atoms with Gasteiger partial charge in [0.25, 0.3) is 5.91 Å². The highest BCUT2D eigenvalue weighted by molar-refractivity contribution is 6.11. The second kappa shape index (κ2) is 7.26. The number of hydrogen-bond acceptors (Lipinski definition) is 6. The molecule has 2 aromatic carbocycles. The fraction of sp³-hybridized carbons (Fsp3) is 0.273. The smallest absolute Gasteiger partial charge is 0.319 e. The van der Waals surface area contributed by atoms with Crippen LogP contribution < -0.4 is 10.2 Å². The zero-order valence-electron chi connectivity index (χ0n) is 17.6. The van der Waals surface area contributed by atoms with Gasteiger partial charge in [-0.3, -0.25) is 14.5 Å². The molecule has 10 nitrogen and oxygen atoms in total. The van der Waals surface area contributed by atoms with Crippen LogP contribution in [0.5, 0.6) is 0 Å². The summed E-state index contributed by atoms with van der Waals surface area (Å²) < 4.78 is 1.46. The molecule has 1 N–H and O–H groups in total. The molecule has 0 aliphatic carbocycles. The minimum atomic E-state index is -1.31. The van der Waals surface area contributed by atoms with Crippen molar-refractivity contribution in [3.8, 4) is 5.69 Å². The van der Waals surface area contributed by atoms with Crippen molar-refractivity contribution < 1.29 is 14.4 Å². The molecule has 10 heteroatoms. The number of amides is 4. The van der Waals surface area contributed by atoms with E-state index < -0.39 is 17.5 Å². The molecule has 5 rings (SSSR count). The molecular formula is C22H21N7O3. The van der Waals surface area contributed by atoms with Crippen molar-refractivity contribution in [2.45, 2.75) is 31.8 Å². The zero-order valence-corrected chi connectivity index (χ0v) is 17.6. The maximum Gasteiger partial charge on any atom is 0.325 e. The summed E-state index contributed by atoms with van der Waals surface area (Å²) in [4.78, 5) is 41.9. The van der Waals surface area contributed by atoms with E-state index in [1.807, 2.05) is 31.2 Å². The molecule has 4 amide bonds. The monoisotopic (exact) mass is 431 g/mol. The summed E-state index contributed by atoms with van der Waals surface area (Å²) in [6.45, 7) is 3.26. The second-order valence-corrected chi connectivity index (χ2v) is 8.20. The minimum Gasteiger partial charge on any atom is -0.319 e. The van der Waals surface area contributed by atoms with Gasteiger partial charge in [-0.2, -0.15) is 0 Å². The third-order valence-corrected chi connectivity index (χ3v) is 6.08. The van der Waals surface area contributed by atoms with Gasteiger partial charge in [-0.25, -0.2) is 9.48 Å². The van der Waals surface area contributed by atoms with Crippen LogP contribution in [0.15, 0.2) is 54.9 Å². The molecule has 32 heavy (non-hydrogen) atoms. The number of nitrogens with one attached hydrogen (secondary N) is 1. The van der Waals surface area contributed by atoms with Crippen molar-refractivity contribution in [2.24, 2.45) is 0 Å². The highest BCUT2D eigenvalue weighted by atomic mass is 16.2. The Kier molecular flexibility index (Phi) is 4.50. The van der Waals surface area contributed by atoms with Gasteiger partial charge in [0.05, 0.1) is 5.69 Å². The molecule has 3 aromatic rings. The molecule has 1 fully saturated rings. The predicted octanol–water partition coefficient (Wildman–Crippen LogP) is 1.41. The fourth-order valence-electron chi connectivity index (χ4n) is 4.43. The number of rotatable bonds is 4. The Bertz CT molecular complexity index is 1230. The lowest BCUT2D eigenvalue weighted by atomic mass is 9.91. The van der Waals surface area contributed by atoms with E-state index in [2.05, 4.69) is 20.8 Å². The molecule has 2 atom stereocenters. The Morgan fingerprint density at radius 3 is 2.78 bits per heavy atom. The number of aromatic nitrogens is 4. The van der Waals surface area contributed by atoms with E-state index >= 15 is 0 Å². The lowest BCUT2D eigenvalue weighted by Gasteiger charge is -2.26. The molecule has 0 radical (unpaired) electrons. The first kappa shape index (κ1) is 19.9. The summed E-state index contributed by atoms with van der Waals surface area (Å²) in [6, 6.07) is 14.1. The Morgan fingerprint density at radius 1 is 1.19 bits per heavy atom. The summed E-state index contributed by atoms with van der Waals surface area (Å²) in [5.74, 6) is -0.775. The Morgan fingerprint density at radius 2 is 2.00 bits per heavy atom. The number of tetrazole rings is 1. The number of hydrogen-bond donors (Lipinski definition) is 1. The van der Waals surface area contributed by atoms with Crippen LogP contribution in [-0.4, -0.2) is 55.5 Å². The van der Waals surface area contributed by atoms with E-state index in [0.717, 1.165) is 22.6 Å². The van der Waals surface area contributed by atoms with Crippen LogP contribution in [0.3, 0.4) is 0 Å². The number of fused-ring (bicyclic) bond motifs is 1. The number of carbonyl (C=O) groups is 3. The molecule has 3 heterocycles. The average Bonchev–Trinajstić information content (AvgIpc) is 3.48. The van der Waals surface area contributed by atoms with Gasteiger partial charge in [0, 0.05) is 11.7 Å². The largest absolute Gasteiger partial charge is 0.325 e. The SMILES string of the molecule is CC1Cc2ccccc2N1C(=O)CN1C(=O)NC(C)(c2cccc(-n3cnnn3)c2)C1=O. The molecule has 2 aliphatic rings. The highest BCUT2D eigenvalue weighted by Crippen LogP contribution is 2.33. The minimum absolute atomic E-state index is 0.0416. The molecule has 2 unspecified atom stereocenters. The quantitative estimate of drug-likeness (QED) is 0.625. The van der Waals surface area contributed by atoms with Crippen molar-refractivity contribution in [3.63, 3.8) is 0 Å². The van der Waals surface area contributed by atoms with E-state index in [1.165, 1.54) is 11.0 Å². The standard InChI is InChI=1S/C22H21N7O3/c1-14-10-15-6-3-4-9-18(15)29(14)19(30)12-27-20(31)22(2,24-21(27)32)16-7-5-8-17(11-16)28-13-23-25-26-28/h3-9,11,13-14H,10,12H2,1-2H3,(H,24,32). The number of para-hydroxylation sites is 1. The number of urea groups is 1. The molecule has 0 bridgehead atoms. The lowest BCUT2D eigenvalue weighted by molar-refractivity contribution is -0.134. The van der Waals surface area contributed by atoms with Crippen LogP contribution in [0.2, 0.25) is 0 Å². The van der Waals surface area contributed by atoms with Crippen molar-refractivity contribution in [1.29, 1.82) is 0 Å². The summed E-state index contributed by atoms with van der Waals surface area (Å²) in [6.07, 6.45) is 2.18. The number of anilines is 1. The predicted molar refractivity (Wildman–Crippen MR) is 114 cm³/mol. The molecule has 162 valence electrons. The van der Waals surface area contributed by atoms with Gasteiger partial charge in [0.1, 0.15) is 18.4 Å². The Balaban J connectivity index is 1.40. The van der Waals surface area contributed by atoms with Gasteiger partial charge in [-0.15, -0.1) is 5.10 Å². The summed E-state index contributed by atoms with van der Waals surface area (Å²) in [5, 5.41) is 13.8. The number of imide groups is 1. The summed E-state index contributed by atoms with van der Waals surface area (Å²) >= 11 is 0. The normalized spacial score (nSPS) is 22.2. The first-order chi connectivity index (χ1) is 15.4. The van der Waals surface area contributed by atoms with Crippen LogP contribution in [0.25, 0.3) is 5.69 Å². The number of benzene rings is 2. The molecular weight excluding hydrogens is 410 g/mol. The van der Waals surface area contributed by atoms with E-state index in [1.54, 1.807) is 36.1 Å². The van der Waals surface area contributed by atoms with Gasteiger partial charge in [-0.05, 0) is 60.0 Å². The van der Waals surface area contributed by atoms with Gasteiger partial charge in [0.2, 0.25) is 5.91 Å². The molecule has 0 spiro atoms. The van der Waals surface area contributed by atoms with Crippen molar-refractivity contribution in [2.75, 3.05) is 11.4 Å². The van der Waals surface area contributed by atoms with Crippen molar-refractivity contribution in [3.05, 3.63) is 66.0 Å². The maximum atomic E-state index is 13.3. The number of carbonyl (C=O) groups excluding carboxylic acids is 3. The van der Waals surface area contributed by atoms with Crippen molar-refractivity contribution >= 4 is 23.5 Å². The van der Waals surface area contributed by atoms with Crippen LogP contribution in [0.1, 0.15) is 25.0 Å². The second-order valence-electron chi connectivity index (χ2n) is 8.20. The molecule has 1 aromatic heterocycles. The van der Waals surface area contributed by atoms with E-state index in [4.69, 9.17) is 0 Å². The third kappa shape index (κ3) is 3.03. The average molecular weight is 431 g/mol. The van der Waals surface area contributed by atoms with Crippen LogP contribution in [0.4, 0.5) is 10.5 Å². The van der Waals surface area contributed by atoms with Crippen LogP contribution >= 0.6 is 0 Å². The van der Waals surface area contributed by atoms with Gasteiger partial charge < -0.3 is 10.2 Å². The van der Waals surface area contributed by atoms with Gasteiger partial charge in [0.15, 0.2) is 0 Å². The Hall–Kier alpha value is -4.08. The Labute approximate surface area is 183 Å². The summed E-state index contributed by atoms with van der Waals surface area (Å²) in [7, 11) is 0. The topological polar surface area (TPSA) is 113 Å². The highest BCUT2D eigenvalue weighted by Gasteiger charge is 2.50. The van der Waals surface area contributed by atoms with E-state index in [9.17, 15) is 14.4 Å².